The summed E-state index contributed by atoms with van der Waals surface area (Å²) in [6.45, 7) is 2.70. The highest BCUT2D eigenvalue weighted by atomic mass is 16.3. The second kappa shape index (κ2) is 6.20. The molecule has 0 spiro atoms. The summed E-state index contributed by atoms with van der Waals surface area (Å²) < 4.78 is 7.39. The monoisotopic (exact) mass is 318 g/mol. The predicted molar refractivity (Wildman–Crippen MR) is 93.8 cm³/mol. The molecule has 1 N–H and O–H groups in total. The zero-order chi connectivity index (χ0) is 16.4. The molecule has 0 unspecified atom stereocenters. The summed E-state index contributed by atoms with van der Waals surface area (Å²) >= 11 is 0. The summed E-state index contributed by atoms with van der Waals surface area (Å²) in [4.78, 5) is 9.17. The third-order valence-corrected chi connectivity index (χ3v) is 4.06. The van der Waals surface area contributed by atoms with E-state index in [9.17, 15) is 0 Å². The molecule has 3 aromatic heterocycles. The van der Waals surface area contributed by atoms with Gasteiger partial charge in [0.25, 0.3) is 0 Å². The highest BCUT2D eigenvalue weighted by molar-refractivity contribution is 5.82. The van der Waals surface area contributed by atoms with E-state index in [1.807, 2.05) is 47.3 Å². The van der Waals surface area contributed by atoms with Crippen molar-refractivity contribution in [3.05, 3.63) is 72.7 Å². The highest BCUT2D eigenvalue weighted by Crippen LogP contribution is 2.28. The zero-order valence-corrected chi connectivity index (χ0v) is 13.4. The Bertz CT molecular complexity index is 942. The van der Waals surface area contributed by atoms with Crippen LogP contribution in [0.3, 0.4) is 0 Å². The zero-order valence-electron chi connectivity index (χ0n) is 13.4. The Morgan fingerprint density at radius 3 is 2.71 bits per heavy atom. The van der Waals surface area contributed by atoms with Gasteiger partial charge in [0, 0.05) is 11.8 Å². The van der Waals surface area contributed by atoms with Crippen molar-refractivity contribution in [3.63, 3.8) is 0 Å². The molecule has 24 heavy (non-hydrogen) atoms. The van der Waals surface area contributed by atoms with Crippen LogP contribution in [0, 0.1) is 0 Å². The quantitative estimate of drug-likeness (QED) is 0.600. The van der Waals surface area contributed by atoms with Crippen LogP contribution in [0.4, 0.5) is 5.95 Å². The normalized spacial score (nSPS) is 11.0. The van der Waals surface area contributed by atoms with Gasteiger partial charge in [-0.15, -0.1) is 0 Å². The fraction of sp³-hybridized carbons (Fsp3) is 0.158. The van der Waals surface area contributed by atoms with Crippen molar-refractivity contribution >= 4 is 11.5 Å². The lowest BCUT2D eigenvalue weighted by atomic mass is 10.1. The number of hydrogen-bond acceptors (Lipinski definition) is 4. The standard InChI is InChI=1S/C19H18N4O/c1-2-17-18-16(14-7-4-3-5-8-14)12-21-19(23(18)13-22-17)20-11-15-9-6-10-24-15/h3-10,12-13H,2,11H2,1H3,(H,20,21). The second-order valence-corrected chi connectivity index (χ2v) is 5.56. The Hall–Kier alpha value is -3.08. The molecule has 0 radical (unpaired) electrons. The van der Waals surface area contributed by atoms with E-state index in [1.165, 1.54) is 0 Å². The fourth-order valence-corrected chi connectivity index (χ4v) is 2.88. The van der Waals surface area contributed by atoms with E-state index in [4.69, 9.17) is 4.42 Å². The topological polar surface area (TPSA) is 55.4 Å². The van der Waals surface area contributed by atoms with E-state index in [0.29, 0.717) is 6.54 Å². The van der Waals surface area contributed by atoms with E-state index in [-0.39, 0.29) is 0 Å². The molecule has 5 heteroatoms. The van der Waals surface area contributed by atoms with Gasteiger partial charge in [-0.05, 0) is 24.1 Å². The molecular weight excluding hydrogens is 300 g/mol. The Morgan fingerprint density at radius 1 is 1.08 bits per heavy atom. The van der Waals surface area contributed by atoms with E-state index >= 15 is 0 Å². The fourth-order valence-electron chi connectivity index (χ4n) is 2.88. The number of anilines is 1. The molecule has 0 saturated carbocycles. The van der Waals surface area contributed by atoms with Crippen molar-refractivity contribution in [2.75, 3.05) is 5.32 Å². The maximum atomic E-state index is 5.37. The molecule has 4 rings (SSSR count). The van der Waals surface area contributed by atoms with E-state index in [1.54, 1.807) is 6.26 Å². The van der Waals surface area contributed by atoms with Gasteiger partial charge < -0.3 is 9.73 Å². The lowest BCUT2D eigenvalue weighted by molar-refractivity contribution is 0.517. The van der Waals surface area contributed by atoms with Gasteiger partial charge in [0.05, 0.1) is 24.0 Å². The molecule has 0 amide bonds. The van der Waals surface area contributed by atoms with Crippen LogP contribution in [-0.4, -0.2) is 14.4 Å². The number of benzene rings is 1. The van der Waals surface area contributed by atoms with Crippen LogP contribution < -0.4 is 5.32 Å². The molecule has 0 bridgehead atoms. The predicted octanol–water partition coefficient (Wildman–Crippen LogP) is 4.16. The van der Waals surface area contributed by atoms with Crippen molar-refractivity contribution in [2.24, 2.45) is 0 Å². The summed E-state index contributed by atoms with van der Waals surface area (Å²) in [5, 5.41) is 3.32. The average molecular weight is 318 g/mol. The number of rotatable bonds is 5. The summed E-state index contributed by atoms with van der Waals surface area (Å²) in [5.74, 6) is 1.63. The number of furan rings is 1. The lowest BCUT2D eigenvalue weighted by Crippen LogP contribution is -2.06. The Labute approximate surface area is 140 Å². The third kappa shape index (κ3) is 2.54. The summed E-state index contributed by atoms with van der Waals surface area (Å²) in [5.41, 5.74) is 4.40. The second-order valence-electron chi connectivity index (χ2n) is 5.56. The Balaban J connectivity index is 1.79. The largest absolute Gasteiger partial charge is 0.467 e. The van der Waals surface area contributed by atoms with Crippen LogP contribution in [0.1, 0.15) is 18.4 Å². The average Bonchev–Trinajstić information content (AvgIpc) is 3.30. The minimum absolute atomic E-state index is 0.583. The number of nitrogens with zero attached hydrogens (tertiary/aromatic N) is 3. The molecule has 4 aromatic rings. The highest BCUT2D eigenvalue weighted by Gasteiger charge is 2.14. The number of nitrogens with one attached hydrogen (secondary N) is 1. The molecule has 120 valence electrons. The lowest BCUT2D eigenvalue weighted by Gasteiger charge is -2.11. The van der Waals surface area contributed by atoms with Gasteiger partial charge in [0.15, 0.2) is 0 Å². The first-order chi connectivity index (χ1) is 11.9. The van der Waals surface area contributed by atoms with Crippen molar-refractivity contribution in [2.45, 2.75) is 19.9 Å². The Morgan fingerprint density at radius 2 is 1.96 bits per heavy atom. The molecule has 0 saturated heterocycles. The summed E-state index contributed by atoms with van der Waals surface area (Å²) in [6.07, 6.45) is 6.29. The molecule has 3 heterocycles. The van der Waals surface area contributed by atoms with Crippen molar-refractivity contribution in [1.29, 1.82) is 0 Å². The number of fused-ring (bicyclic) bond motifs is 1. The van der Waals surface area contributed by atoms with E-state index in [2.05, 4.69) is 34.3 Å². The maximum absolute atomic E-state index is 5.37. The van der Waals surface area contributed by atoms with Crippen molar-refractivity contribution < 1.29 is 4.42 Å². The Kier molecular flexibility index (Phi) is 3.75. The van der Waals surface area contributed by atoms with Gasteiger partial charge in [-0.3, -0.25) is 4.40 Å². The van der Waals surface area contributed by atoms with Crippen LogP contribution in [0.5, 0.6) is 0 Å². The first-order valence-corrected chi connectivity index (χ1v) is 8.03. The number of aryl methyl sites for hydroxylation is 1. The molecule has 0 aliphatic heterocycles. The minimum Gasteiger partial charge on any atom is -0.467 e. The van der Waals surface area contributed by atoms with Crippen LogP contribution >= 0.6 is 0 Å². The number of aromatic nitrogens is 3. The van der Waals surface area contributed by atoms with E-state index in [0.717, 1.165) is 40.5 Å². The molecule has 0 atom stereocenters. The smallest absolute Gasteiger partial charge is 0.209 e. The van der Waals surface area contributed by atoms with Crippen LogP contribution in [0.25, 0.3) is 16.6 Å². The molecule has 5 nitrogen and oxygen atoms in total. The van der Waals surface area contributed by atoms with Gasteiger partial charge in [0.1, 0.15) is 12.1 Å². The van der Waals surface area contributed by atoms with Crippen LogP contribution in [0.15, 0.2) is 65.7 Å². The van der Waals surface area contributed by atoms with E-state index < -0.39 is 0 Å². The van der Waals surface area contributed by atoms with Crippen LogP contribution in [-0.2, 0) is 13.0 Å². The van der Waals surface area contributed by atoms with Gasteiger partial charge in [-0.25, -0.2) is 9.97 Å². The SMILES string of the molecule is CCc1ncn2c(NCc3ccco3)ncc(-c3ccccc3)c12. The van der Waals surface area contributed by atoms with Crippen molar-refractivity contribution in [1.82, 2.24) is 14.4 Å². The molecule has 0 aliphatic rings. The number of hydrogen-bond donors (Lipinski definition) is 1. The molecule has 1 aromatic carbocycles. The number of imidazole rings is 1. The third-order valence-electron chi connectivity index (χ3n) is 4.06. The van der Waals surface area contributed by atoms with Gasteiger partial charge in [0.2, 0.25) is 5.95 Å². The molecular formula is C19H18N4O. The molecule has 0 fully saturated rings. The van der Waals surface area contributed by atoms with Gasteiger partial charge in [-0.1, -0.05) is 37.3 Å². The first kappa shape index (κ1) is 14.5. The van der Waals surface area contributed by atoms with Crippen molar-refractivity contribution in [3.8, 4) is 11.1 Å². The maximum Gasteiger partial charge on any atom is 0.209 e. The summed E-state index contributed by atoms with van der Waals surface area (Å²) in [6, 6.07) is 14.1. The first-order valence-electron chi connectivity index (χ1n) is 8.03. The summed E-state index contributed by atoms with van der Waals surface area (Å²) in [7, 11) is 0. The van der Waals surface area contributed by atoms with Crippen LogP contribution in [0.2, 0.25) is 0 Å². The van der Waals surface area contributed by atoms with Gasteiger partial charge >= 0.3 is 0 Å². The molecule has 0 aliphatic carbocycles. The van der Waals surface area contributed by atoms with Gasteiger partial charge in [-0.2, -0.15) is 0 Å². The minimum atomic E-state index is 0.583.